The molecule has 0 saturated carbocycles. The molecule has 3 amide bonds. The van der Waals surface area contributed by atoms with E-state index in [2.05, 4.69) is 17.6 Å². The number of amides is 3. The molecule has 0 radical (unpaired) electrons. The van der Waals surface area contributed by atoms with Gasteiger partial charge in [0.1, 0.15) is 5.75 Å². The predicted molar refractivity (Wildman–Crippen MR) is 109 cm³/mol. The number of anilines is 1. The van der Waals surface area contributed by atoms with Gasteiger partial charge in [-0.05, 0) is 55.2 Å². The molecule has 1 heterocycles. The normalized spacial score (nSPS) is 15.9. The highest BCUT2D eigenvalue weighted by molar-refractivity contribution is 5.89. The van der Waals surface area contributed by atoms with Crippen LogP contribution < -0.4 is 15.4 Å². The van der Waals surface area contributed by atoms with Crippen molar-refractivity contribution in [3.63, 3.8) is 0 Å². The molecule has 0 spiro atoms. The third kappa shape index (κ3) is 5.25. The Kier molecular flexibility index (Phi) is 6.53. The smallest absolute Gasteiger partial charge is 0.319 e. The maximum atomic E-state index is 12.4. The van der Waals surface area contributed by atoms with Crippen molar-refractivity contribution < 1.29 is 14.3 Å². The van der Waals surface area contributed by atoms with Crippen LogP contribution in [0.25, 0.3) is 0 Å². The number of carbonyl (C=O) groups is 2. The zero-order valence-corrected chi connectivity index (χ0v) is 16.4. The van der Waals surface area contributed by atoms with E-state index in [9.17, 15) is 9.59 Å². The quantitative estimate of drug-likeness (QED) is 0.804. The number of ether oxygens (including phenoxy) is 1. The molecule has 1 atom stereocenters. The zero-order valence-electron chi connectivity index (χ0n) is 16.4. The Labute approximate surface area is 165 Å². The maximum absolute atomic E-state index is 12.4. The van der Waals surface area contributed by atoms with E-state index < -0.39 is 0 Å². The second kappa shape index (κ2) is 9.26. The third-order valence-electron chi connectivity index (χ3n) is 5.05. The van der Waals surface area contributed by atoms with Gasteiger partial charge in [0, 0.05) is 24.8 Å². The fourth-order valence-electron chi connectivity index (χ4n) is 3.39. The second-order valence-corrected chi connectivity index (χ2v) is 7.11. The summed E-state index contributed by atoms with van der Waals surface area (Å²) in [4.78, 5) is 26.4. The van der Waals surface area contributed by atoms with Gasteiger partial charge in [-0.2, -0.15) is 0 Å². The molecule has 6 nitrogen and oxygen atoms in total. The van der Waals surface area contributed by atoms with Crippen molar-refractivity contribution in [2.24, 2.45) is 0 Å². The van der Waals surface area contributed by atoms with Gasteiger partial charge in [-0.3, -0.25) is 4.79 Å². The highest BCUT2D eigenvalue weighted by Crippen LogP contribution is 2.18. The van der Waals surface area contributed by atoms with Gasteiger partial charge in [0.15, 0.2) is 0 Å². The lowest BCUT2D eigenvalue weighted by atomic mass is 10.1. The Morgan fingerprint density at radius 2 is 1.75 bits per heavy atom. The molecule has 1 fully saturated rings. The van der Waals surface area contributed by atoms with Gasteiger partial charge in [0.2, 0.25) is 5.91 Å². The first kappa shape index (κ1) is 19.7. The minimum atomic E-state index is -0.273. The van der Waals surface area contributed by atoms with Crippen molar-refractivity contribution in [3.8, 4) is 5.75 Å². The summed E-state index contributed by atoms with van der Waals surface area (Å²) in [6.07, 6.45) is 2.57. The van der Waals surface area contributed by atoms with Gasteiger partial charge in [-0.25, -0.2) is 4.79 Å². The van der Waals surface area contributed by atoms with Gasteiger partial charge in [0.05, 0.1) is 13.5 Å². The van der Waals surface area contributed by atoms with Gasteiger partial charge >= 0.3 is 6.03 Å². The monoisotopic (exact) mass is 381 g/mol. The predicted octanol–water partition coefficient (Wildman–Crippen LogP) is 3.57. The van der Waals surface area contributed by atoms with E-state index in [1.54, 1.807) is 7.11 Å². The Morgan fingerprint density at radius 3 is 2.36 bits per heavy atom. The molecule has 0 aromatic heterocycles. The molecule has 1 aliphatic heterocycles. The molecule has 1 saturated heterocycles. The summed E-state index contributed by atoms with van der Waals surface area (Å²) in [5.41, 5.74) is 2.63. The first-order chi connectivity index (χ1) is 13.5. The number of benzene rings is 2. The van der Waals surface area contributed by atoms with Crippen LogP contribution in [0.15, 0.2) is 48.5 Å². The summed E-state index contributed by atoms with van der Waals surface area (Å²) >= 11 is 0. The molecule has 2 aromatic rings. The van der Waals surface area contributed by atoms with Crippen molar-refractivity contribution >= 4 is 17.6 Å². The molecule has 6 heteroatoms. The molecule has 148 valence electrons. The van der Waals surface area contributed by atoms with Gasteiger partial charge in [-0.1, -0.05) is 24.3 Å². The van der Waals surface area contributed by atoms with Crippen LogP contribution in [0, 0.1) is 0 Å². The summed E-state index contributed by atoms with van der Waals surface area (Å²) < 4.78 is 5.12. The molecule has 0 aliphatic carbocycles. The highest BCUT2D eigenvalue weighted by Gasteiger charge is 2.24. The summed E-state index contributed by atoms with van der Waals surface area (Å²) in [6.45, 7) is 3.38. The first-order valence-electron chi connectivity index (χ1n) is 9.61. The van der Waals surface area contributed by atoms with Crippen LogP contribution in [0.4, 0.5) is 10.5 Å². The van der Waals surface area contributed by atoms with Crippen molar-refractivity contribution in [3.05, 3.63) is 59.7 Å². The largest absolute Gasteiger partial charge is 0.497 e. The Balaban J connectivity index is 1.46. The van der Waals surface area contributed by atoms with Crippen molar-refractivity contribution in [2.45, 2.75) is 38.8 Å². The molecule has 0 bridgehead atoms. The molecule has 3 rings (SSSR count). The minimum absolute atomic E-state index is 0.169. The van der Waals surface area contributed by atoms with Crippen molar-refractivity contribution in [1.29, 1.82) is 0 Å². The van der Waals surface area contributed by atoms with E-state index in [1.165, 1.54) is 0 Å². The minimum Gasteiger partial charge on any atom is -0.497 e. The van der Waals surface area contributed by atoms with Crippen LogP contribution in [0.3, 0.4) is 0 Å². The summed E-state index contributed by atoms with van der Waals surface area (Å²) in [5.74, 6) is 0.953. The lowest BCUT2D eigenvalue weighted by Crippen LogP contribution is -2.34. The Bertz CT molecular complexity index is 803. The van der Waals surface area contributed by atoms with Gasteiger partial charge in [-0.15, -0.1) is 0 Å². The topological polar surface area (TPSA) is 70.7 Å². The van der Waals surface area contributed by atoms with Gasteiger partial charge in [0.25, 0.3) is 0 Å². The number of rotatable bonds is 6. The molecular formula is C22H27N3O3. The van der Waals surface area contributed by atoms with Crippen LogP contribution in [-0.4, -0.2) is 36.5 Å². The van der Waals surface area contributed by atoms with E-state index in [0.29, 0.717) is 24.7 Å². The number of methoxy groups -OCH3 is 1. The summed E-state index contributed by atoms with van der Waals surface area (Å²) in [7, 11) is 1.62. The van der Waals surface area contributed by atoms with Crippen LogP contribution in [0.1, 0.15) is 30.9 Å². The summed E-state index contributed by atoms with van der Waals surface area (Å²) in [6, 6.07) is 15.0. The lowest BCUT2D eigenvalue weighted by molar-refractivity contribution is -0.130. The van der Waals surface area contributed by atoms with E-state index >= 15 is 0 Å². The van der Waals surface area contributed by atoms with E-state index in [-0.39, 0.29) is 11.9 Å². The standard InChI is InChI=1S/C22H27N3O3/c1-16-4-3-13-25(16)21(26)14-17-5-9-19(10-6-17)24-22(27)23-15-18-7-11-20(28-2)12-8-18/h5-12,16H,3-4,13-15H2,1-2H3,(H2,23,24,27). The van der Waals surface area contributed by atoms with Crippen LogP contribution in [-0.2, 0) is 17.8 Å². The molecule has 28 heavy (non-hydrogen) atoms. The number of likely N-dealkylation sites (tertiary alicyclic amines) is 1. The number of nitrogens with one attached hydrogen (secondary N) is 2. The Hall–Kier alpha value is -3.02. The van der Waals surface area contributed by atoms with Crippen LogP contribution in [0.5, 0.6) is 5.75 Å². The average molecular weight is 381 g/mol. The summed E-state index contributed by atoms with van der Waals surface area (Å²) in [5, 5.41) is 5.63. The Morgan fingerprint density at radius 1 is 1.07 bits per heavy atom. The van der Waals surface area contributed by atoms with E-state index in [0.717, 1.165) is 36.3 Å². The van der Waals surface area contributed by atoms with E-state index in [4.69, 9.17) is 4.74 Å². The highest BCUT2D eigenvalue weighted by atomic mass is 16.5. The fourth-order valence-corrected chi connectivity index (χ4v) is 3.39. The number of carbonyl (C=O) groups excluding carboxylic acids is 2. The fraction of sp³-hybridized carbons (Fsp3) is 0.364. The molecule has 1 unspecified atom stereocenters. The molecule has 2 N–H and O–H groups in total. The lowest BCUT2D eigenvalue weighted by Gasteiger charge is -2.21. The first-order valence-corrected chi connectivity index (χ1v) is 9.61. The van der Waals surface area contributed by atoms with E-state index in [1.807, 2.05) is 53.4 Å². The average Bonchev–Trinajstić information content (AvgIpc) is 3.14. The SMILES string of the molecule is COc1ccc(CNC(=O)Nc2ccc(CC(=O)N3CCCC3C)cc2)cc1. The maximum Gasteiger partial charge on any atom is 0.319 e. The van der Waals surface area contributed by atoms with Crippen LogP contribution >= 0.6 is 0 Å². The molecule has 1 aliphatic rings. The number of urea groups is 1. The number of nitrogens with zero attached hydrogens (tertiary/aromatic N) is 1. The van der Waals surface area contributed by atoms with Crippen molar-refractivity contribution in [2.75, 3.05) is 19.0 Å². The third-order valence-corrected chi connectivity index (χ3v) is 5.05. The van der Waals surface area contributed by atoms with Gasteiger partial charge < -0.3 is 20.3 Å². The number of hydrogen-bond acceptors (Lipinski definition) is 3. The number of hydrogen-bond donors (Lipinski definition) is 2. The molecular weight excluding hydrogens is 354 g/mol. The van der Waals surface area contributed by atoms with Crippen LogP contribution in [0.2, 0.25) is 0 Å². The second-order valence-electron chi connectivity index (χ2n) is 7.11. The zero-order chi connectivity index (χ0) is 19.9. The molecule has 2 aromatic carbocycles. The van der Waals surface area contributed by atoms with Crippen molar-refractivity contribution in [1.82, 2.24) is 10.2 Å².